The van der Waals surface area contributed by atoms with Gasteiger partial charge in [0.2, 0.25) is 0 Å². The molecule has 0 fully saturated rings. The first-order chi connectivity index (χ1) is 3.55. The van der Waals surface area contributed by atoms with Crippen LogP contribution in [0.3, 0.4) is 0 Å². The van der Waals surface area contributed by atoms with Gasteiger partial charge in [-0.05, 0) is 6.92 Å². The minimum absolute atomic E-state index is 0.104. The second-order valence-electron chi connectivity index (χ2n) is 1.96. The van der Waals surface area contributed by atoms with Crippen molar-refractivity contribution in [2.45, 2.75) is 19.0 Å². The molecule has 0 rings (SSSR count). The molecule has 0 heterocycles. The molecule has 0 aromatic carbocycles. The Morgan fingerprint density at radius 2 is 1.88 bits per heavy atom. The highest BCUT2D eigenvalue weighted by Crippen LogP contribution is 1.89. The summed E-state index contributed by atoms with van der Waals surface area (Å²) in [5.41, 5.74) is 16.5. The van der Waals surface area contributed by atoms with Crippen LogP contribution in [0, 0.1) is 0 Å². The molecule has 0 spiro atoms. The van der Waals surface area contributed by atoms with Crippen LogP contribution in [0.15, 0.2) is 12.3 Å². The Morgan fingerprint density at radius 1 is 1.50 bits per heavy atom. The van der Waals surface area contributed by atoms with Gasteiger partial charge in [0.05, 0.1) is 6.04 Å². The van der Waals surface area contributed by atoms with Gasteiger partial charge in [0.25, 0.3) is 0 Å². The molecule has 48 valence electrons. The van der Waals surface area contributed by atoms with Crippen LogP contribution in [0.2, 0.25) is 0 Å². The molecule has 0 aromatic heterocycles. The highest BCUT2D eigenvalue weighted by atomic mass is 14.8. The Bertz CT molecular complexity index is 87.7. The molecule has 8 heavy (non-hydrogen) atoms. The molecule has 0 amide bonds. The zero-order chi connectivity index (χ0) is 6.73. The molecule has 3 heteroatoms. The Labute approximate surface area is 49.5 Å². The number of nitrogens with two attached hydrogens (primary N) is 3. The fraction of sp³-hybridized carbons (Fsp3) is 0.600. The van der Waals surface area contributed by atoms with Crippen molar-refractivity contribution in [1.29, 1.82) is 0 Å². The van der Waals surface area contributed by atoms with E-state index in [0.29, 0.717) is 5.70 Å². The van der Waals surface area contributed by atoms with Crippen molar-refractivity contribution in [2.75, 3.05) is 0 Å². The van der Waals surface area contributed by atoms with Crippen LogP contribution >= 0.6 is 0 Å². The van der Waals surface area contributed by atoms with Gasteiger partial charge in [-0.25, -0.2) is 0 Å². The van der Waals surface area contributed by atoms with Gasteiger partial charge in [-0.2, -0.15) is 0 Å². The maximum atomic E-state index is 5.41. The van der Waals surface area contributed by atoms with Crippen LogP contribution in [0.5, 0.6) is 0 Å². The van der Waals surface area contributed by atoms with Gasteiger partial charge in [-0.1, -0.05) is 6.58 Å². The quantitative estimate of drug-likeness (QED) is 0.438. The van der Waals surface area contributed by atoms with Crippen LogP contribution in [-0.2, 0) is 0 Å². The third-order valence-electron chi connectivity index (χ3n) is 0.995. The van der Waals surface area contributed by atoms with E-state index in [0.717, 1.165) is 0 Å². The maximum absolute atomic E-state index is 5.41. The average Bonchev–Trinajstić information content (AvgIpc) is 1.64. The number of hydrogen-bond donors (Lipinski definition) is 3. The Kier molecular flexibility index (Phi) is 2.51. The second-order valence-corrected chi connectivity index (χ2v) is 1.96. The van der Waals surface area contributed by atoms with Crippen molar-refractivity contribution in [3.05, 3.63) is 12.3 Å². The SMILES string of the molecule is C=C(N)C(N)C(C)N. The van der Waals surface area contributed by atoms with Gasteiger partial charge in [0, 0.05) is 11.7 Å². The first-order valence-electron chi connectivity index (χ1n) is 2.51. The fourth-order valence-corrected chi connectivity index (χ4v) is 0.338. The topological polar surface area (TPSA) is 78.1 Å². The lowest BCUT2D eigenvalue weighted by Crippen LogP contribution is -2.42. The first kappa shape index (κ1) is 7.46. The normalized spacial score (nSPS) is 17.4. The van der Waals surface area contributed by atoms with Gasteiger partial charge in [-0.15, -0.1) is 0 Å². The zero-order valence-corrected chi connectivity index (χ0v) is 5.09. The monoisotopic (exact) mass is 115 g/mol. The van der Waals surface area contributed by atoms with E-state index in [-0.39, 0.29) is 12.1 Å². The van der Waals surface area contributed by atoms with Crippen LogP contribution in [0.4, 0.5) is 0 Å². The summed E-state index contributed by atoms with van der Waals surface area (Å²) in [7, 11) is 0. The molecule has 0 aliphatic rings. The molecule has 6 N–H and O–H groups in total. The van der Waals surface area contributed by atoms with Crippen molar-refractivity contribution in [1.82, 2.24) is 0 Å². The predicted molar refractivity (Wildman–Crippen MR) is 35.0 cm³/mol. The lowest BCUT2D eigenvalue weighted by atomic mass is 10.1. The van der Waals surface area contributed by atoms with E-state index in [1.165, 1.54) is 0 Å². The van der Waals surface area contributed by atoms with Gasteiger partial charge >= 0.3 is 0 Å². The maximum Gasteiger partial charge on any atom is 0.0587 e. The van der Waals surface area contributed by atoms with E-state index >= 15 is 0 Å². The summed E-state index contributed by atoms with van der Waals surface area (Å²) >= 11 is 0. The summed E-state index contributed by atoms with van der Waals surface area (Å²) in [5, 5.41) is 0. The fourth-order valence-electron chi connectivity index (χ4n) is 0.338. The predicted octanol–water partition coefficient (Wildman–Crippen LogP) is -0.867. The highest BCUT2D eigenvalue weighted by molar-refractivity contribution is 5.01. The van der Waals surface area contributed by atoms with Crippen molar-refractivity contribution >= 4 is 0 Å². The average molecular weight is 115 g/mol. The van der Waals surface area contributed by atoms with E-state index in [2.05, 4.69) is 6.58 Å². The molecule has 3 nitrogen and oxygen atoms in total. The minimum Gasteiger partial charge on any atom is -0.401 e. The molecule has 0 aliphatic heterocycles. The standard InChI is InChI=1S/C5H13N3/c1-3(6)5(8)4(2)7/h4-5H,1,6-8H2,2H3. The van der Waals surface area contributed by atoms with Gasteiger partial charge in [-0.3, -0.25) is 0 Å². The molecular weight excluding hydrogens is 102 g/mol. The second kappa shape index (κ2) is 2.69. The van der Waals surface area contributed by atoms with Gasteiger partial charge in [0.15, 0.2) is 0 Å². The molecule has 2 unspecified atom stereocenters. The van der Waals surface area contributed by atoms with Crippen LogP contribution < -0.4 is 17.2 Å². The summed E-state index contributed by atoms with van der Waals surface area (Å²) in [4.78, 5) is 0. The molecule has 0 aliphatic carbocycles. The van der Waals surface area contributed by atoms with Crippen molar-refractivity contribution in [3.8, 4) is 0 Å². The third kappa shape index (κ3) is 1.95. The van der Waals surface area contributed by atoms with Crippen molar-refractivity contribution in [2.24, 2.45) is 17.2 Å². The van der Waals surface area contributed by atoms with Gasteiger partial charge in [0.1, 0.15) is 0 Å². The Morgan fingerprint density at radius 3 is 1.88 bits per heavy atom. The minimum atomic E-state index is -0.269. The summed E-state index contributed by atoms with van der Waals surface area (Å²) < 4.78 is 0. The summed E-state index contributed by atoms with van der Waals surface area (Å²) in [5.74, 6) is 0. The molecule has 0 saturated carbocycles. The summed E-state index contributed by atoms with van der Waals surface area (Å²) in [6.45, 7) is 5.24. The van der Waals surface area contributed by atoms with Crippen LogP contribution in [-0.4, -0.2) is 12.1 Å². The van der Waals surface area contributed by atoms with E-state index in [9.17, 15) is 0 Å². The Hall–Kier alpha value is -0.540. The lowest BCUT2D eigenvalue weighted by molar-refractivity contribution is 0.621. The molecule has 0 aromatic rings. The summed E-state index contributed by atoms with van der Waals surface area (Å²) in [6, 6.07) is -0.373. The van der Waals surface area contributed by atoms with Gasteiger partial charge < -0.3 is 17.2 Å². The number of rotatable bonds is 2. The zero-order valence-electron chi connectivity index (χ0n) is 5.09. The largest absolute Gasteiger partial charge is 0.401 e. The Balaban J connectivity index is 3.64. The van der Waals surface area contributed by atoms with Crippen molar-refractivity contribution < 1.29 is 0 Å². The van der Waals surface area contributed by atoms with Crippen LogP contribution in [0.25, 0.3) is 0 Å². The van der Waals surface area contributed by atoms with Crippen LogP contribution in [0.1, 0.15) is 6.92 Å². The number of hydrogen-bond acceptors (Lipinski definition) is 3. The highest BCUT2D eigenvalue weighted by Gasteiger charge is 2.07. The van der Waals surface area contributed by atoms with E-state index < -0.39 is 0 Å². The van der Waals surface area contributed by atoms with E-state index in [4.69, 9.17) is 17.2 Å². The molecule has 2 atom stereocenters. The molecule has 0 saturated heterocycles. The van der Waals surface area contributed by atoms with E-state index in [1.807, 2.05) is 0 Å². The molecule has 0 bridgehead atoms. The smallest absolute Gasteiger partial charge is 0.0587 e. The summed E-state index contributed by atoms with van der Waals surface area (Å²) in [6.07, 6.45) is 0. The van der Waals surface area contributed by atoms with E-state index in [1.54, 1.807) is 6.92 Å². The third-order valence-corrected chi connectivity index (χ3v) is 0.995. The molecular formula is C5H13N3. The first-order valence-corrected chi connectivity index (χ1v) is 2.51. The molecule has 0 radical (unpaired) electrons. The lowest BCUT2D eigenvalue weighted by Gasteiger charge is -2.13. The van der Waals surface area contributed by atoms with Crippen molar-refractivity contribution in [3.63, 3.8) is 0 Å².